The number of carbonyl (C=O) groups is 1. The second-order valence-electron chi connectivity index (χ2n) is 11.4. The van der Waals surface area contributed by atoms with Crippen LogP contribution in [-0.2, 0) is 9.53 Å². The van der Waals surface area contributed by atoms with Gasteiger partial charge in [0.2, 0.25) is 0 Å². The molecule has 1 saturated carbocycles. The highest BCUT2D eigenvalue weighted by Crippen LogP contribution is 2.43. The first-order chi connectivity index (χ1) is 12.2. The van der Waals surface area contributed by atoms with Crippen molar-refractivity contribution in [1.82, 2.24) is 0 Å². The molecule has 1 aliphatic carbocycles. The molecule has 0 radical (unpaired) electrons. The summed E-state index contributed by atoms with van der Waals surface area (Å²) in [5, 5.41) is 9.47. The molecule has 1 aliphatic heterocycles. The number of nitrogens with zero attached hydrogens (tertiary/aromatic N) is 2. The maximum absolute atomic E-state index is 12.7. The van der Waals surface area contributed by atoms with Gasteiger partial charge in [-0.3, -0.25) is 4.79 Å². The third-order valence-corrected chi connectivity index (χ3v) is 5.68. The van der Waals surface area contributed by atoms with E-state index in [1.807, 2.05) is 20.8 Å². The molecular formula is C23H40N2O2. The molecule has 0 spiro atoms. The van der Waals surface area contributed by atoms with Crippen LogP contribution in [0.2, 0.25) is 0 Å². The maximum Gasteiger partial charge on any atom is 0.311 e. The molecule has 0 aromatic rings. The van der Waals surface area contributed by atoms with E-state index in [0.29, 0.717) is 5.92 Å². The fraction of sp³-hybridized carbons (Fsp3) is 0.870. The van der Waals surface area contributed by atoms with Gasteiger partial charge in [0.05, 0.1) is 11.1 Å². The van der Waals surface area contributed by atoms with E-state index >= 15 is 0 Å². The highest BCUT2D eigenvalue weighted by molar-refractivity contribution is 6.02. The van der Waals surface area contributed by atoms with Crippen LogP contribution in [0, 0.1) is 28.1 Å². The second-order valence-corrected chi connectivity index (χ2v) is 11.4. The molecule has 2 unspecified atom stereocenters. The number of hydrogen-bond acceptors (Lipinski definition) is 4. The van der Waals surface area contributed by atoms with Crippen molar-refractivity contribution in [2.24, 2.45) is 38.3 Å². The maximum atomic E-state index is 12.7. The van der Waals surface area contributed by atoms with Gasteiger partial charge in [-0.1, -0.05) is 54.4 Å². The van der Waals surface area contributed by atoms with Crippen molar-refractivity contribution in [2.45, 2.75) is 101 Å². The van der Waals surface area contributed by atoms with Crippen LogP contribution in [0.5, 0.6) is 0 Å². The van der Waals surface area contributed by atoms with E-state index in [-0.39, 0.29) is 28.8 Å². The Bertz CT molecular complexity index is 612. The molecular weight excluding hydrogens is 336 g/mol. The first-order valence-corrected chi connectivity index (χ1v) is 10.6. The number of fused-ring (bicyclic) bond motifs is 1. The number of rotatable bonds is 1. The Morgan fingerprint density at radius 2 is 1.33 bits per heavy atom. The van der Waals surface area contributed by atoms with Gasteiger partial charge in [-0.25, -0.2) is 0 Å². The molecule has 2 rings (SSSR count). The van der Waals surface area contributed by atoms with E-state index in [1.165, 1.54) is 18.6 Å². The lowest BCUT2D eigenvalue weighted by atomic mass is 9.65. The van der Waals surface area contributed by atoms with Crippen LogP contribution < -0.4 is 0 Å². The zero-order valence-corrected chi connectivity index (χ0v) is 19.0. The number of hydrogen-bond donors (Lipinski definition) is 0. The van der Waals surface area contributed by atoms with Gasteiger partial charge in [-0.05, 0) is 40.0 Å². The minimum atomic E-state index is -0.494. The van der Waals surface area contributed by atoms with Crippen molar-refractivity contribution < 1.29 is 9.53 Å². The average molecular weight is 377 g/mol. The summed E-state index contributed by atoms with van der Waals surface area (Å²) in [6.07, 6.45) is 5.38. The Labute approximate surface area is 166 Å². The molecule has 0 aromatic heterocycles. The largest absolute Gasteiger partial charge is 0.461 e. The highest BCUT2D eigenvalue weighted by atomic mass is 16.5. The summed E-state index contributed by atoms with van der Waals surface area (Å²) in [6, 6.07) is 0. The lowest BCUT2D eigenvalue weighted by Crippen LogP contribution is -2.50. The summed E-state index contributed by atoms with van der Waals surface area (Å²) < 4.78 is 6.17. The average Bonchev–Trinajstić information content (AvgIpc) is 2.47. The quantitative estimate of drug-likeness (QED) is 0.524. The summed E-state index contributed by atoms with van der Waals surface area (Å²) in [6.45, 7) is 19.0. The van der Waals surface area contributed by atoms with E-state index < -0.39 is 5.41 Å². The van der Waals surface area contributed by atoms with Gasteiger partial charge in [0.1, 0.15) is 6.10 Å². The normalized spacial score (nSPS) is 27.7. The molecule has 4 heteroatoms. The molecule has 154 valence electrons. The van der Waals surface area contributed by atoms with Crippen molar-refractivity contribution in [1.29, 1.82) is 0 Å². The number of carbonyl (C=O) groups excluding carboxylic acids is 1. The minimum Gasteiger partial charge on any atom is -0.461 e. The Morgan fingerprint density at radius 3 is 1.85 bits per heavy atom. The molecule has 1 heterocycles. The van der Waals surface area contributed by atoms with E-state index in [0.717, 1.165) is 25.0 Å². The molecule has 0 N–H and O–H groups in total. The van der Waals surface area contributed by atoms with Crippen molar-refractivity contribution in [2.75, 3.05) is 0 Å². The van der Waals surface area contributed by atoms with Gasteiger partial charge in [0.25, 0.3) is 0 Å². The first kappa shape index (κ1) is 22.1. The summed E-state index contributed by atoms with van der Waals surface area (Å²) in [7, 11) is 0. The van der Waals surface area contributed by atoms with Crippen LogP contribution in [0.15, 0.2) is 10.2 Å². The van der Waals surface area contributed by atoms with Gasteiger partial charge in [-0.15, -0.1) is 0 Å². The van der Waals surface area contributed by atoms with E-state index in [9.17, 15) is 4.79 Å². The Hall–Kier alpha value is -1.19. The van der Waals surface area contributed by atoms with Gasteiger partial charge in [0, 0.05) is 28.4 Å². The van der Waals surface area contributed by atoms with Crippen LogP contribution in [0.3, 0.4) is 0 Å². The fourth-order valence-corrected chi connectivity index (χ4v) is 4.23. The van der Waals surface area contributed by atoms with Gasteiger partial charge in [-0.2, -0.15) is 10.2 Å². The number of esters is 1. The smallest absolute Gasteiger partial charge is 0.311 e. The summed E-state index contributed by atoms with van der Waals surface area (Å²) >= 11 is 0. The molecule has 1 fully saturated rings. The standard InChI is InChI=1S/C23H40N2O2/c1-21(2,3)18-15-13-11-10-12-14-16(27-20(26)23(7,8)9)17(15)19(25-24-18)22(4,5)6/h15-17H,10-14H2,1-9H3/t15?,16?,17-/m0/s1. The van der Waals surface area contributed by atoms with E-state index in [4.69, 9.17) is 14.9 Å². The first-order valence-electron chi connectivity index (χ1n) is 10.6. The minimum absolute atomic E-state index is 0.0341. The topological polar surface area (TPSA) is 51.0 Å². The van der Waals surface area contributed by atoms with Gasteiger partial charge in [0.15, 0.2) is 0 Å². The van der Waals surface area contributed by atoms with E-state index in [1.54, 1.807) is 0 Å². The Morgan fingerprint density at radius 1 is 0.815 bits per heavy atom. The molecule has 0 bridgehead atoms. The van der Waals surface area contributed by atoms with Crippen molar-refractivity contribution in [3.63, 3.8) is 0 Å². The number of ether oxygens (including phenoxy) is 1. The highest BCUT2D eigenvalue weighted by Gasteiger charge is 2.47. The second kappa shape index (κ2) is 7.67. The zero-order valence-electron chi connectivity index (χ0n) is 19.0. The van der Waals surface area contributed by atoms with Crippen molar-refractivity contribution in [3.05, 3.63) is 0 Å². The van der Waals surface area contributed by atoms with Crippen LogP contribution in [0.1, 0.15) is 94.4 Å². The monoisotopic (exact) mass is 376 g/mol. The molecule has 4 nitrogen and oxygen atoms in total. The molecule has 27 heavy (non-hydrogen) atoms. The Kier molecular flexibility index (Phi) is 6.28. The van der Waals surface area contributed by atoms with Crippen LogP contribution in [0.4, 0.5) is 0 Å². The molecule has 0 aromatic carbocycles. The van der Waals surface area contributed by atoms with Crippen LogP contribution in [-0.4, -0.2) is 23.5 Å². The summed E-state index contributed by atoms with van der Waals surface area (Å²) in [5.74, 6) is 0.318. The van der Waals surface area contributed by atoms with E-state index in [2.05, 4.69) is 41.5 Å². The van der Waals surface area contributed by atoms with Crippen LogP contribution >= 0.6 is 0 Å². The molecule has 2 aliphatic rings. The predicted octanol–water partition coefficient (Wildman–Crippen LogP) is 6.04. The summed E-state index contributed by atoms with van der Waals surface area (Å²) in [4.78, 5) is 12.7. The Balaban J connectivity index is 2.51. The zero-order chi connectivity index (χ0) is 20.6. The predicted molar refractivity (Wildman–Crippen MR) is 113 cm³/mol. The lowest BCUT2D eigenvalue weighted by Gasteiger charge is -2.44. The molecule has 0 saturated heterocycles. The summed E-state index contributed by atoms with van der Waals surface area (Å²) in [5.41, 5.74) is 1.63. The third-order valence-electron chi connectivity index (χ3n) is 5.68. The SMILES string of the molecule is CC(C)(C)C(=O)OC1CCCCCC2C(C(C)(C)C)=NN=C(C(C)(C)C)[C@H]12. The van der Waals surface area contributed by atoms with Gasteiger partial charge >= 0.3 is 5.97 Å². The third kappa shape index (κ3) is 5.20. The fourth-order valence-electron chi connectivity index (χ4n) is 4.23. The molecule has 0 amide bonds. The van der Waals surface area contributed by atoms with Crippen LogP contribution in [0.25, 0.3) is 0 Å². The van der Waals surface area contributed by atoms with Gasteiger partial charge < -0.3 is 4.74 Å². The van der Waals surface area contributed by atoms with Crippen molar-refractivity contribution in [3.8, 4) is 0 Å². The van der Waals surface area contributed by atoms with Crippen molar-refractivity contribution >= 4 is 17.4 Å². The lowest BCUT2D eigenvalue weighted by molar-refractivity contribution is -0.161. The molecule has 3 atom stereocenters.